The van der Waals surface area contributed by atoms with Gasteiger partial charge in [-0.2, -0.15) is 5.10 Å². The first kappa shape index (κ1) is 20.6. The number of oxazole rings is 1. The first-order valence-corrected chi connectivity index (χ1v) is 10.2. The molecular formula is C21H25N7O3. The zero-order valence-corrected chi connectivity index (χ0v) is 17.6. The summed E-state index contributed by atoms with van der Waals surface area (Å²) in [6, 6.07) is 3.93. The topological polar surface area (TPSA) is 129 Å². The van der Waals surface area contributed by atoms with Gasteiger partial charge in [0.15, 0.2) is 12.1 Å². The van der Waals surface area contributed by atoms with Gasteiger partial charge in [0.1, 0.15) is 5.82 Å². The Bertz CT molecular complexity index is 1070. The summed E-state index contributed by atoms with van der Waals surface area (Å²) in [5, 5.41) is 13.2. The van der Waals surface area contributed by atoms with E-state index in [2.05, 4.69) is 30.8 Å². The minimum absolute atomic E-state index is 0.211. The number of fused-ring (bicyclic) bond motifs is 1. The number of aryl methyl sites for hydroxylation is 2. The van der Waals surface area contributed by atoms with Gasteiger partial charge >= 0.3 is 0 Å². The molecule has 0 aliphatic carbocycles. The minimum atomic E-state index is -0.211. The number of H-pyrrole nitrogens is 1. The fraction of sp³-hybridized carbons (Fsp3) is 0.381. The van der Waals surface area contributed by atoms with E-state index in [9.17, 15) is 9.59 Å². The molecule has 3 aromatic rings. The smallest absolute Gasteiger partial charge is 0.291 e. The van der Waals surface area contributed by atoms with Gasteiger partial charge in [-0.05, 0) is 38.3 Å². The van der Waals surface area contributed by atoms with E-state index in [0.717, 1.165) is 29.1 Å². The second kappa shape index (κ2) is 8.99. The number of rotatable bonds is 7. The Morgan fingerprint density at radius 2 is 2.10 bits per heavy atom. The van der Waals surface area contributed by atoms with Crippen LogP contribution in [0.3, 0.4) is 0 Å². The van der Waals surface area contributed by atoms with Crippen molar-refractivity contribution in [2.75, 3.05) is 25.0 Å². The van der Waals surface area contributed by atoms with Crippen LogP contribution in [0.25, 0.3) is 0 Å². The number of anilines is 1. The van der Waals surface area contributed by atoms with Gasteiger partial charge < -0.3 is 20.0 Å². The molecule has 162 valence electrons. The molecule has 0 aromatic carbocycles. The molecule has 0 saturated heterocycles. The average Bonchev–Trinajstić information content (AvgIpc) is 3.39. The Morgan fingerprint density at radius 3 is 2.84 bits per heavy atom. The molecule has 0 bridgehead atoms. The Hall–Kier alpha value is -3.69. The largest absolute Gasteiger partial charge is 0.438 e. The highest BCUT2D eigenvalue weighted by Gasteiger charge is 2.29. The highest BCUT2D eigenvalue weighted by molar-refractivity contribution is 5.95. The summed E-state index contributed by atoms with van der Waals surface area (Å²) in [6.45, 7) is 5.79. The monoisotopic (exact) mass is 423 g/mol. The molecule has 1 aliphatic heterocycles. The maximum atomic E-state index is 12.6. The van der Waals surface area contributed by atoms with Gasteiger partial charge in [-0.3, -0.25) is 14.7 Å². The maximum absolute atomic E-state index is 12.6. The molecule has 0 atom stereocenters. The lowest BCUT2D eigenvalue weighted by atomic mass is 10.0. The van der Waals surface area contributed by atoms with Gasteiger partial charge in [0.05, 0.1) is 17.9 Å². The molecule has 0 radical (unpaired) electrons. The van der Waals surface area contributed by atoms with E-state index in [-0.39, 0.29) is 17.6 Å². The summed E-state index contributed by atoms with van der Waals surface area (Å²) in [5.74, 6) is 0.641. The Kier molecular flexibility index (Phi) is 5.96. The highest BCUT2D eigenvalue weighted by atomic mass is 16.3. The van der Waals surface area contributed by atoms with E-state index < -0.39 is 0 Å². The van der Waals surface area contributed by atoms with Crippen molar-refractivity contribution < 1.29 is 14.0 Å². The first-order chi connectivity index (χ1) is 15.0. The van der Waals surface area contributed by atoms with Crippen molar-refractivity contribution in [3.05, 3.63) is 58.7 Å². The number of carbonyl (C=O) groups excluding carboxylic acids is 2. The lowest BCUT2D eigenvalue weighted by Gasteiger charge is -2.26. The normalized spacial score (nSPS) is 13.0. The molecular weight excluding hydrogens is 398 g/mol. The predicted molar refractivity (Wildman–Crippen MR) is 113 cm³/mol. The molecule has 0 fully saturated rings. The summed E-state index contributed by atoms with van der Waals surface area (Å²) < 4.78 is 5.21. The van der Waals surface area contributed by atoms with Crippen molar-refractivity contribution >= 4 is 17.6 Å². The highest BCUT2D eigenvalue weighted by Crippen LogP contribution is 2.22. The number of pyridine rings is 1. The number of aromatic nitrogens is 4. The summed E-state index contributed by atoms with van der Waals surface area (Å²) >= 11 is 0. The van der Waals surface area contributed by atoms with Crippen molar-refractivity contribution in [1.82, 2.24) is 30.4 Å². The molecule has 10 heteroatoms. The zero-order valence-electron chi connectivity index (χ0n) is 17.6. The second-order valence-electron chi connectivity index (χ2n) is 7.53. The van der Waals surface area contributed by atoms with Gasteiger partial charge in [-0.15, -0.1) is 0 Å². The summed E-state index contributed by atoms with van der Waals surface area (Å²) in [4.78, 5) is 35.1. The number of amides is 2. The molecule has 4 rings (SSSR count). The third-order valence-electron chi connectivity index (χ3n) is 5.23. The third kappa shape index (κ3) is 4.57. The van der Waals surface area contributed by atoms with E-state index in [4.69, 9.17) is 4.42 Å². The Balaban J connectivity index is 1.27. The van der Waals surface area contributed by atoms with Crippen LogP contribution in [0.1, 0.15) is 50.0 Å². The van der Waals surface area contributed by atoms with Crippen molar-refractivity contribution in [3.8, 4) is 0 Å². The van der Waals surface area contributed by atoms with Crippen LogP contribution in [-0.2, 0) is 13.0 Å². The molecule has 1 aliphatic rings. The minimum Gasteiger partial charge on any atom is -0.438 e. The van der Waals surface area contributed by atoms with Gasteiger partial charge in [0, 0.05) is 31.4 Å². The van der Waals surface area contributed by atoms with E-state index >= 15 is 0 Å². The quantitative estimate of drug-likeness (QED) is 0.495. The van der Waals surface area contributed by atoms with E-state index in [1.165, 1.54) is 6.39 Å². The SMILES string of the molecule is Cc1ccc(NCCCNC(=O)c2n[nH]c3c2CCN(C(=O)c2ocnc2C)C3)nc1. The van der Waals surface area contributed by atoms with Gasteiger partial charge in [0.25, 0.3) is 11.8 Å². The number of hydrogen-bond donors (Lipinski definition) is 3. The molecule has 10 nitrogen and oxygen atoms in total. The van der Waals surface area contributed by atoms with Crippen LogP contribution < -0.4 is 10.6 Å². The lowest BCUT2D eigenvalue weighted by molar-refractivity contribution is 0.0699. The van der Waals surface area contributed by atoms with Crippen molar-refractivity contribution in [1.29, 1.82) is 0 Å². The molecule has 0 spiro atoms. The Morgan fingerprint density at radius 1 is 1.23 bits per heavy atom. The number of nitrogens with one attached hydrogen (secondary N) is 3. The zero-order chi connectivity index (χ0) is 21.8. The second-order valence-corrected chi connectivity index (χ2v) is 7.53. The fourth-order valence-electron chi connectivity index (χ4n) is 3.49. The van der Waals surface area contributed by atoms with Gasteiger partial charge in [-0.25, -0.2) is 9.97 Å². The van der Waals surface area contributed by atoms with Gasteiger partial charge in [0.2, 0.25) is 5.76 Å². The average molecular weight is 423 g/mol. The van der Waals surface area contributed by atoms with Crippen LogP contribution in [-0.4, -0.2) is 56.5 Å². The standard InChI is InChI=1S/C21H25N7O3/c1-13-4-5-17(24-10-13)22-7-3-8-23-20(29)18-15-6-9-28(11-16(15)26-27-18)21(30)19-14(2)25-12-31-19/h4-5,10,12H,3,6-9,11H2,1-2H3,(H,22,24)(H,23,29)(H,26,27). The first-order valence-electron chi connectivity index (χ1n) is 10.2. The molecule has 4 heterocycles. The van der Waals surface area contributed by atoms with E-state index in [1.807, 2.05) is 25.3 Å². The predicted octanol–water partition coefficient (Wildman–Crippen LogP) is 1.84. The fourth-order valence-corrected chi connectivity index (χ4v) is 3.49. The molecule has 2 amide bonds. The van der Waals surface area contributed by atoms with Crippen molar-refractivity contribution in [2.24, 2.45) is 0 Å². The van der Waals surface area contributed by atoms with Crippen LogP contribution in [0.5, 0.6) is 0 Å². The molecule has 0 saturated carbocycles. The summed E-state index contributed by atoms with van der Waals surface area (Å²) in [7, 11) is 0. The maximum Gasteiger partial charge on any atom is 0.291 e. The number of aromatic amines is 1. The lowest BCUT2D eigenvalue weighted by Crippen LogP contribution is -2.36. The van der Waals surface area contributed by atoms with E-state index in [0.29, 0.717) is 44.0 Å². The van der Waals surface area contributed by atoms with E-state index in [1.54, 1.807) is 11.8 Å². The Labute approximate surface area is 179 Å². The van der Waals surface area contributed by atoms with Crippen molar-refractivity contribution in [2.45, 2.75) is 33.2 Å². The number of nitrogens with zero attached hydrogens (tertiary/aromatic N) is 4. The van der Waals surface area contributed by atoms with Crippen LogP contribution in [0.15, 0.2) is 29.1 Å². The summed E-state index contributed by atoms with van der Waals surface area (Å²) in [6.07, 6.45) is 4.39. The van der Waals surface area contributed by atoms with Crippen LogP contribution in [0, 0.1) is 13.8 Å². The molecule has 0 unspecified atom stereocenters. The van der Waals surface area contributed by atoms with Crippen molar-refractivity contribution in [3.63, 3.8) is 0 Å². The van der Waals surface area contributed by atoms with Crippen LogP contribution >= 0.6 is 0 Å². The molecule has 3 N–H and O–H groups in total. The number of carbonyl (C=O) groups is 2. The molecule has 3 aromatic heterocycles. The third-order valence-corrected chi connectivity index (χ3v) is 5.23. The van der Waals surface area contributed by atoms with Crippen LogP contribution in [0.4, 0.5) is 5.82 Å². The molecule has 31 heavy (non-hydrogen) atoms. The summed E-state index contributed by atoms with van der Waals surface area (Å²) in [5.41, 5.74) is 3.70. The number of hydrogen-bond acceptors (Lipinski definition) is 7. The van der Waals surface area contributed by atoms with Crippen LogP contribution in [0.2, 0.25) is 0 Å². The van der Waals surface area contributed by atoms with Gasteiger partial charge in [-0.1, -0.05) is 6.07 Å².